The molecule has 7 heteroatoms. The first kappa shape index (κ1) is 20.8. The van der Waals surface area contributed by atoms with Gasteiger partial charge < -0.3 is 25.0 Å². The van der Waals surface area contributed by atoms with Crippen molar-refractivity contribution < 1.29 is 14.3 Å². The van der Waals surface area contributed by atoms with E-state index in [1.807, 2.05) is 23.1 Å². The van der Waals surface area contributed by atoms with Crippen molar-refractivity contribution in [1.29, 1.82) is 0 Å². The molecule has 1 aliphatic carbocycles. The maximum Gasteiger partial charge on any atom is 0.225 e. The van der Waals surface area contributed by atoms with Gasteiger partial charge in [-0.15, -0.1) is 0 Å². The van der Waals surface area contributed by atoms with Crippen molar-refractivity contribution in [2.24, 2.45) is 10.9 Å². The van der Waals surface area contributed by atoms with Crippen LogP contribution in [0.5, 0.6) is 11.5 Å². The number of fused-ring (bicyclic) bond motifs is 1. The van der Waals surface area contributed by atoms with Gasteiger partial charge in [0.15, 0.2) is 17.5 Å². The zero-order valence-electron chi connectivity index (χ0n) is 18.0. The summed E-state index contributed by atoms with van der Waals surface area (Å²) < 4.78 is 11.7. The van der Waals surface area contributed by atoms with Crippen LogP contribution in [-0.2, 0) is 11.3 Å². The van der Waals surface area contributed by atoms with Crippen LogP contribution in [0, 0.1) is 5.92 Å². The van der Waals surface area contributed by atoms with E-state index in [-0.39, 0.29) is 12.0 Å². The molecule has 1 saturated heterocycles. The second kappa shape index (κ2) is 10.0. The van der Waals surface area contributed by atoms with E-state index in [2.05, 4.69) is 15.6 Å². The average molecular weight is 415 g/mol. The molecule has 1 saturated carbocycles. The number of hydrogen-bond acceptors (Lipinski definition) is 4. The summed E-state index contributed by atoms with van der Waals surface area (Å²) in [6.45, 7) is 3.55. The molecule has 0 bridgehead atoms. The number of nitrogens with zero attached hydrogens (tertiary/aromatic N) is 2. The molecule has 2 fully saturated rings. The SMILES string of the molecule is CN=C(NCc1cccc2c1OCCCO2)NC1CCN(C(=O)C2CCCCC2)C1. The fourth-order valence-electron chi connectivity index (χ4n) is 4.65. The van der Waals surface area contributed by atoms with Crippen molar-refractivity contribution in [3.05, 3.63) is 23.8 Å². The van der Waals surface area contributed by atoms with Gasteiger partial charge in [-0.2, -0.15) is 0 Å². The van der Waals surface area contributed by atoms with E-state index in [1.54, 1.807) is 7.05 Å². The largest absolute Gasteiger partial charge is 0.490 e. The second-order valence-electron chi connectivity index (χ2n) is 8.47. The van der Waals surface area contributed by atoms with Crippen molar-refractivity contribution in [2.75, 3.05) is 33.4 Å². The van der Waals surface area contributed by atoms with Crippen LogP contribution in [0.1, 0.15) is 50.5 Å². The molecule has 0 radical (unpaired) electrons. The number of carbonyl (C=O) groups is 1. The molecule has 2 aliphatic heterocycles. The fraction of sp³-hybridized carbons (Fsp3) is 0.652. The zero-order valence-corrected chi connectivity index (χ0v) is 18.0. The number of likely N-dealkylation sites (tertiary alicyclic amines) is 1. The number of nitrogens with one attached hydrogen (secondary N) is 2. The van der Waals surface area contributed by atoms with E-state index in [4.69, 9.17) is 9.47 Å². The summed E-state index contributed by atoms with van der Waals surface area (Å²) in [5, 5.41) is 6.88. The first-order valence-corrected chi connectivity index (χ1v) is 11.4. The number of carbonyl (C=O) groups excluding carboxylic acids is 1. The van der Waals surface area contributed by atoms with Gasteiger partial charge in [-0.05, 0) is 25.3 Å². The highest BCUT2D eigenvalue weighted by Gasteiger charge is 2.31. The Balaban J connectivity index is 1.29. The van der Waals surface area contributed by atoms with Crippen LogP contribution in [-0.4, -0.2) is 56.2 Å². The van der Waals surface area contributed by atoms with Crippen molar-refractivity contribution in [2.45, 2.75) is 57.5 Å². The fourth-order valence-corrected chi connectivity index (χ4v) is 4.65. The number of hydrogen-bond donors (Lipinski definition) is 2. The molecule has 4 rings (SSSR count). The first-order valence-electron chi connectivity index (χ1n) is 11.4. The van der Waals surface area contributed by atoms with E-state index in [0.29, 0.717) is 25.7 Å². The Hall–Kier alpha value is -2.44. The second-order valence-corrected chi connectivity index (χ2v) is 8.47. The molecule has 0 spiro atoms. The van der Waals surface area contributed by atoms with Crippen LogP contribution < -0.4 is 20.1 Å². The number of para-hydroxylation sites is 1. The Bertz CT molecular complexity index is 761. The lowest BCUT2D eigenvalue weighted by Gasteiger charge is -2.26. The van der Waals surface area contributed by atoms with Gasteiger partial charge >= 0.3 is 0 Å². The van der Waals surface area contributed by atoms with Gasteiger partial charge in [0, 0.05) is 50.6 Å². The van der Waals surface area contributed by atoms with Crippen LogP contribution in [0.4, 0.5) is 0 Å². The maximum absolute atomic E-state index is 12.8. The molecule has 1 amide bonds. The third-order valence-corrected chi connectivity index (χ3v) is 6.32. The molecule has 3 aliphatic rings. The Kier molecular flexibility index (Phi) is 6.97. The molecular weight excluding hydrogens is 380 g/mol. The molecule has 164 valence electrons. The number of aliphatic imine (C=N–C) groups is 1. The number of ether oxygens (including phenoxy) is 2. The summed E-state index contributed by atoms with van der Waals surface area (Å²) in [7, 11) is 1.78. The molecule has 7 nitrogen and oxygen atoms in total. The highest BCUT2D eigenvalue weighted by molar-refractivity contribution is 5.81. The van der Waals surface area contributed by atoms with Crippen LogP contribution in [0.3, 0.4) is 0 Å². The summed E-state index contributed by atoms with van der Waals surface area (Å²) in [4.78, 5) is 19.2. The van der Waals surface area contributed by atoms with E-state index in [1.165, 1.54) is 19.3 Å². The van der Waals surface area contributed by atoms with Crippen molar-refractivity contribution in [3.63, 3.8) is 0 Å². The molecule has 1 unspecified atom stereocenters. The lowest BCUT2D eigenvalue weighted by molar-refractivity contribution is -0.135. The first-order chi connectivity index (χ1) is 14.7. The van der Waals surface area contributed by atoms with Gasteiger partial charge in [-0.1, -0.05) is 31.4 Å². The van der Waals surface area contributed by atoms with Crippen molar-refractivity contribution in [1.82, 2.24) is 15.5 Å². The molecule has 2 heterocycles. The summed E-state index contributed by atoms with van der Waals surface area (Å²) in [6.07, 6.45) is 7.63. The maximum atomic E-state index is 12.8. The Labute approximate surface area is 179 Å². The lowest BCUT2D eigenvalue weighted by Crippen LogP contribution is -2.45. The molecule has 1 aromatic carbocycles. The summed E-state index contributed by atoms with van der Waals surface area (Å²) in [5.41, 5.74) is 1.05. The number of benzene rings is 1. The van der Waals surface area contributed by atoms with Crippen LogP contribution in [0.25, 0.3) is 0 Å². The van der Waals surface area contributed by atoms with Crippen LogP contribution >= 0.6 is 0 Å². The van der Waals surface area contributed by atoms with Gasteiger partial charge in [0.1, 0.15) is 0 Å². The smallest absolute Gasteiger partial charge is 0.225 e. The summed E-state index contributed by atoms with van der Waals surface area (Å²) in [5.74, 6) is 2.97. The van der Waals surface area contributed by atoms with Crippen molar-refractivity contribution >= 4 is 11.9 Å². The van der Waals surface area contributed by atoms with Crippen LogP contribution in [0.15, 0.2) is 23.2 Å². The number of rotatable bonds is 4. The van der Waals surface area contributed by atoms with E-state index in [0.717, 1.165) is 61.8 Å². The zero-order chi connectivity index (χ0) is 20.8. The predicted molar refractivity (Wildman–Crippen MR) is 117 cm³/mol. The van der Waals surface area contributed by atoms with Gasteiger partial charge in [0.05, 0.1) is 13.2 Å². The van der Waals surface area contributed by atoms with Gasteiger partial charge in [0.2, 0.25) is 5.91 Å². The quantitative estimate of drug-likeness (QED) is 0.585. The number of guanidine groups is 1. The Morgan fingerprint density at radius 1 is 1.13 bits per heavy atom. The molecular formula is C23H34N4O3. The van der Waals surface area contributed by atoms with Gasteiger partial charge in [-0.25, -0.2) is 0 Å². The molecule has 0 aromatic heterocycles. The van der Waals surface area contributed by atoms with E-state index >= 15 is 0 Å². The summed E-state index contributed by atoms with van der Waals surface area (Å²) in [6, 6.07) is 6.23. The molecule has 1 atom stereocenters. The topological polar surface area (TPSA) is 75.2 Å². The minimum atomic E-state index is 0.233. The molecule has 30 heavy (non-hydrogen) atoms. The third kappa shape index (κ3) is 4.99. The van der Waals surface area contributed by atoms with Crippen LogP contribution in [0.2, 0.25) is 0 Å². The van der Waals surface area contributed by atoms with Crippen molar-refractivity contribution in [3.8, 4) is 11.5 Å². The average Bonchev–Trinajstić information content (AvgIpc) is 3.12. The lowest BCUT2D eigenvalue weighted by atomic mass is 9.88. The van der Waals surface area contributed by atoms with Gasteiger partial charge in [0.25, 0.3) is 0 Å². The summed E-state index contributed by atoms with van der Waals surface area (Å²) >= 11 is 0. The minimum absolute atomic E-state index is 0.233. The Morgan fingerprint density at radius 3 is 2.80 bits per heavy atom. The van der Waals surface area contributed by atoms with E-state index < -0.39 is 0 Å². The molecule has 2 N–H and O–H groups in total. The highest BCUT2D eigenvalue weighted by atomic mass is 16.5. The minimum Gasteiger partial charge on any atom is -0.490 e. The predicted octanol–water partition coefficient (Wildman–Crippen LogP) is 2.69. The monoisotopic (exact) mass is 414 g/mol. The van der Waals surface area contributed by atoms with E-state index in [9.17, 15) is 4.79 Å². The van der Waals surface area contributed by atoms with Gasteiger partial charge in [-0.3, -0.25) is 9.79 Å². The molecule has 1 aromatic rings. The number of amides is 1. The standard InChI is InChI=1S/C23H34N4O3/c1-24-23(25-15-18-9-5-10-20-21(18)30-14-6-13-29-20)26-19-11-12-27(16-19)22(28)17-7-3-2-4-8-17/h5,9-10,17,19H,2-4,6-8,11-16H2,1H3,(H2,24,25,26). The highest BCUT2D eigenvalue weighted by Crippen LogP contribution is 2.33. The third-order valence-electron chi connectivity index (χ3n) is 6.32. The normalized spacial score (nSPS) is 22.5. The Morgan fingerprint density at radius 2 is 1.97 bits per heavy atom.